The zero-order valence-corrected chi connectivity index (χ0v) is 10.3. The highest BCUT2D eigenvalue weighted by Crippen LogP contribution is 2.17. The molecule has 1 aliphatic heterocycles. The summed E-state index contributed by atoms with van der Waals surface area (Å²) in [4.78, 5) is 3.86. The highest BCUT2D eigenvalue weighted by atomic mass is 35.5. The number of halogens is 1. The molecule has 3 heteroatoms. The Labute approximate surface area is 103 Å². The molecule has 16 heavy (non-hydrogen) atoms. The lowest BCUT2D eigenvalue weighted by Crippen LogP contribution is -3.07. The molecule has 2 rings (SSSR count). The van der Waals surface area contributed by atoms with Crippen LogP contribution in [-0.4, -0.2) is 31.1 Å². The third-order valence-electron chi connectivity index (χ3n) is 3.14. The number of quaternary nitrogens is 1. The average molecular weight is 239 g/mol. The van der Waals surface area contributed by atoms with Crippen LogP contribution in [0.2, 0.25) is 5.02 Å². The summed E-state index contributed by atoms with van der Waals surface area (Å²) in [6.07, 6.45) is 1.23. The maximum absolute atomic E-state index is 6.17. The van der Waals surface area contributed by atoms with Gasteiger partial charge in [0.2, 0.25) is 0 Å². The van der Waals surface area contributed by atoms with Crippen molar-refractivity contribution in [1.82, 2.24) is 4.90 Å². The van der Waals surface area contributed by atoms with Crippen molar-refractivity contribution in [3.05, 3.63) is 41.9 Å². The summed E-state index contributed by atoms with van der Waals surface area (Å²) in [5.41, 5.74) is 1.23. The minimum atomic E-state index is 0.880. The lowest BCUT2D eigenvalue weighted by Gasteiger charge is -2.21. The number of rotatable bonds is 2. The van der Waals surface area contributed by atoms with Crippen LogP contribution in [0.4, 0.5) is 0 Å². The van der Waals surface area contributed by atoms with E-state index in [2.05, 4.69) is 24.1 Å². The van der Waals surface area contributed by atoms with Gasteiger partial charge in [0.25, 0.3) is 0 Å². The first kappa shape index (κ1) is 11.9. The predicted molar refractivity (Wildman–Crippen MR) is 67.4 cm³/mol. The van der Waals surface area contributed by atoms with Crippen molar-refractivity contribution in [1.29, 1.82) is 0 Å². The zero-order valence-electron chi connectivity index (χ0n) is 9.58. The van der Waals surface area contributed by atoms with Gasteiger partial charge in [0.1, 0.15) is 0 Å². The Hall–Kier alpha value is -0.570. The maximum Gasteiger partial charge on any atom is 0.0660 e. The normalized spacial score (nSPS) is 23.0. The molecule has 0 bridgehead atoms. The predicted octanol–water partition coefficient (Wildman–Crippen LogP) is 1.22. The van der Waals surface area contributed by atoms with E-state index >= 15 is 0 Å². The van der Waals surface area contributed by atoms with E-state index in [0.29, 0.717) is 0 Å². The molecule has 1 aromatic carbocycles. The Morgan fingerprint density at radius 1 is 1.25 bits per heavy atom. The SMILES string of the molecule is [CH2-][NH+]1CCCN(Cc2ccccc2Cl)CC1. The number of hydrogen-bond donors (Lipinski definition) is 1. The zero-order chi connectivity index (χ0) is 11.4. The molecular formula is C13H19ClN2. The standard InChI is InChI=1S/C13H19ClN2/c1-15-7-4-8-16(10-9-15)11-12-5-2-3-6-13(12)14/h2-3,5-6,15H,1,4,7-11H2. The number of hydrogen-bond acceptors (Lipinski definition) is 1. The minimum Gasteiger partial charge on any atom is -0.467 e. The smallest absolute Gasteiger partial charge is 0.0660 e. The summed E-state index contributed by atoms with van der Waals surface area (Å²) in [5, 5.41) is 0.880. The van der Waals surface area contributed by atoms with Gasteiger partial charge in [0, 0.05) is 31.1 Å². The molecule has 88 valence electrons. The molecule has 0 saturated carbocycles. The van der Waals surface area contributed by atoms with Gasteiger partial charge in [-0.1, -0.05) is 29.8 Å². The van der Waals surface area contributed by atoms with E-state index in [4.69, 9.17) is 11.6 Å². The highest BCUT2D eigenvalue weighted by molar-refractivity contribution is 6.31. The van der Waals surface area contributed by atoms with Gasteiger partial charge in [0.05, 0.1) is 13.1 Å². The Balaban J connectivity index is 1.96. The molecule has 1 aromatic rings. The summed E-state index contributed by atoms with van der Waals surface area (Å²) in [6, 6.07) is 8.11. The van der Waals surface area contributed by atoms with Crippen molar-refractivity contribution < 1.29 is 4.90 Å². The summed E-state index contributed by atoms with van der Waals surface area (Å²) in [7, 11) is 4.08. The molecule has 2 nitrogen and oxygen atoms in total. The molecule has 1 unspecified atom stereocenters. The van der Waals surface area contributed by atoms with Crippen molar-refractivity contribution in [2.75, 3.05) is 26.2 Å². The fourth-order valence-electron chi connectivity index (χ4n) is 2.13. The number of nitrogens with one attached hydrogen (secondary N) is 1. The van der Waals surface area contributed by atoms with Gasteiger partial charge in [-0.15, -0.1) is 0 Å². The summed E-state index contributed by atoms with van der Waals surface area (Å²) < 4.78 is 0. The van der Waals surface area contributed by atoms with E-state index in [9.17, 15) is 0 Å². The van der Waals surface area contributed by atoms with Crippen molar-refractivity contribution in [2.24, 2.45) is 0 Å². The van der Waals surface area contributed by atoms with Crippen LogP contribution in [0.5, 0.6) is 0 Å². The van der Waals surface area contributed by atoms with Crippen LogP contribution >= 0.6 is 11.6 Å². The third-order valence-corrected chi connectivity index (χ3v) is 3.51. The van der Waals surface area contributed by atoms with Gasteiger partial charge in [0.15, 0.2) is 0 Å². The van der Waals surface area contributed by atoms with E-state index in [1.165, 1.54) is 23.4 Å². The van der Waals surface area contributed by atoms with Crippen molar-refractivity contribution in [2.45, 2.75) is 13.0 Å². The summed E-state index contributed by atoms with van der Waals surface area (Å²) in [5.74, 6) is 0. The Morgan fingerprint density at radius 2 is 2.06 bits per heavy atom. The van der Waals surface area contributed by atoms with Gasteiger partial charge < -0.3 is 4.90 Å². The Kier molecular flexibility index (Phi) is 4.22. The quantitative estimate of drug-likeness (QED) is 0.762. The van der Waals surface area contributed by atoms with E-state index in [1.54, 1.807) is 0 Å². The van der Waals surface area contributed by atoms with Crippen LogP contribution < -0.4 is 4.90 Å². The summed E-state index contributed by atoms with van der Waals surface area (Å²) >= 11 is 6.17. The molecule has 0 aromatic heterocycles. The van der Waals surface area contributed by atoms with Gasteiger partial charge in [-0.05, 0) is 11.6 Å². The molecule has 0 radical (unpaired) electrons. The Morgan fingerprint density at radius 3 is 2.88 bits per heavy atom. The molecule has 0 aliphatic carbocycles. The molecular weight excluding hydrogens is 220 g/mol. The topological polar surface area (TPSA) is 7.68 Å². The summed E-state index contributed by atoms with van der Waals surface area (Å²) in [6.45, 7) is 5.55. The third kappa shape index (κ3) is 3.21. The van der Waals surface area contributed by atoms with Gasteiger partial charge in [-0.25, -0.2) is 0 Å². The molecule has 0 amide bonds. The lowest BCUT2D eigenvalue weighted by atomic mass is 10.2. The molecule has 1 atom stereocenters. The Bertz CT molecular complexity index is 340. The van der Waals surface area contributed by atoms with Crippen LogP contribution in [0, 0.1) is 7.05 Å². The van der Waals surface area contributed by atoms with Crippen LogP contribution in [-0.2, 0) is 6.54 Å². The van der Waals surface area contributed by atoms with E-state index in [0.717, 1.165) is 31.2 Å². The maximum atomic E-state index is 6.17. The first-order valence-corrected chi connectivity index (χ1v) is 6.26. The van der Waals surface area contributed by atoms with Crippen molar-refractivity contribution in [3.63, 3.8) is 0 Å². The molecule has 1 aliphatic rings. The second-order valence-corrected chi connectivity index (χ2v) is 4.88. The molecule has 1 fully saturated rings. The lowest BCUT2D eigenvalue weighted by molar-refractivity contribution is -0.851. The van der Waals surface area contributed by atoms with Gasteiger partial charge >= 0.3 is 0 Å². The van der Waals surface area contributed by atoms with Crippen LogP contribution in [0.15, 0.2) is 24.3 Å². The van der Waals surface area contributed by atoms with Crippen LogP contribution in [0.25, 0.3) is 0 Å². The first-order chi connectivity index (χ1) is 7.75. The van der Waals surface area contributed by atoms with Crippen molar-refractivity contribution >= 4 is 11.6 Å². The van der Waals surface area contributed by atoms with E-state index in [-0.39, 0.29) is 0 Å². The second-order valence-electron chi connectivity index (χ2n) is 4.47. The molecule has 1 heterocycles. The minimum absolute atomic E-state index is 0.880. The average Bonchev–Trinajstić information content (AvgIpc) is 2.47. The molecule has 1 saturated heterocycles. The fourth-order valence-corrected chi connectivity index (χ4v) is 2.33. The number of nitrogens with zero attached hydrogens (tertiary/aromatic N) is 1. The molecule has 0 spiro atoms. The van der Waals surface area contributed by atoms with Crippen LogP contribution in [0.3, 0.4) is 0 Å². The van der Waals surface area contributed by atoms with Gasteiger partial charge in [-0.3, -0.25) is 4.90 Å². The number of benzene rings is 1. The van der Waals surface area contributed by atoms with Crippen molar-refractivity contribution in [3.8, 4) is 0 Å². The first-order valence-electron chi connectivity index (χ1n) is 5.88. The van der Waals surface area contributed by atoms with Crippen LogP contribution in [0.1, 0.15) is 12.0 Å². The highest BCUT2D eigenvalue weighted by Gasteiger charge is 2.13. The monoisotopic (exact) mass is 238 g/mol. The molecule has 1 N–H and O–H groups in total. The second kappa shape index (κ2) is 5.67. The van der Waals surface area contributed by atoms with Gasteiger partial charge in [-0.2, -0.15) is 7.05 Å². The fraction of sp³-hybridized carbons (Fsp3) is 0.462. The van der Waals surface area contributed by atoms with E-state index < -0.39 is 0 Å². The largest absolute Gasteiger partial charge is 0.467 e. The van der Waals surface area contributed by atoms with E-state index in [1.807, 2.05) is 12.1 Å².